The Labute approximate surface area is 173 Å². The van der Waals surface area contributed by atoms with Crippen LogP contribution in [0.3, 0.4) is 0 Å². The first-order chi connectivity index (χ1) is 14.1. The summed E-state index contributed by atoms with van der Waals surface area (Å²) >= 11 is 6.13. The molecule has 0 radical (unpaired) electrons. The zero-order chi connectivity index (χ0) is 20.4. The van der Waals surface area contributed by atoms with Crippen molar-refractivity contribution >= 4 is 29.2 Å². The number of carbonyl (C=O) groups is 2. The standard InChI is InChI=1S/C23H18ClNO4/c1-28-23(27)16-12-10-15(11-13-16)20-21(29-19-8-3-2-4-9-19)22(26)25(20)18-7-5-6-17(24)14-18/h2-14,20-21H,1H3/t20-,21-/m1/s1. The normalized spacial score (nSPS) is 18.1. The number of rotatable bonds is 5. The Kier molecular flexibility index (Phi) is 5.23. The van der Waals surface area contributed by atoms with E-state index < -0.39 is 12.1 Å². The third-order valence-electron chi connectivity index (χ3n) is 4.81. The predicted octanol–water partition coefficient (Wildman–Crippen LogP) is 4.66. The van der Waals surface area contributed by atoms with Gasteiger partial charge < -0.3 is 9.47 Å². The van der Waals surface area contributed by atoms with E-state index in [4.69, 9.17) is 21.1 Å². The smallest absolute Gasteiger partial charge is 0.337 e. The van der Waals surface area contributed by atoms with Crippen LogP contribution in [0.2, 0.25) is 5.02 Å². The van der Waals surface area contributed by atoms with E-state index in [1.54, 1.807) is 35.2 Å². The highest BCUT2D eigenvalue weighted by molar-refractivity contribution is 6.31. The number of nitrogens with zero attached hydrogens (tertiary/aromatic N) is 1. The van der Waals surface area contributed by atoms with Gasteiger partial charge in [-0.25, -0.2) is 4.79 Å². The van der Waals surface area contributed by atoms with Crippen molar-refractivity contribution in [2.45, 2.75) is 12.1 Å². The van der Waals surface area contributed by atoms with Crippen LogP contribution >= 0.6 is 11.6 Å². The van der Waals surface area contributed by atoms with E-state index in [0.717, 1.165) is 5.56 Å². The molecule has 1 aliphatic rings. The Bertz CT molecular complexity index is 1040. The Morgan fingerprint density at radius 1 is 0.966 bits per heavy atom. The third kappa shape index (κ3) is 3.69. The molecule has 0 saturated carbocycles. The van der Waals surface area contributed by atoms with E-state index >= 15 is 0 Å². The van der Waals surface area contributed by atoms with Crippen molar-refractivity contribution in [1.29, 1.82) is 0 Å². The molecule has 0 aliphatic carbocycles. The summed E-state index contributed by atoms with van der Waals surface area (Å²) in [5, 5.41) is 0.544. The second-order valence-electron chi connectivity index (χ2n) is 6.60. The molecule has 4 rings (SSSR count). The average Bonchev–Trinajstić information content (AvgIpc) is 2.76. The lowest BCUT2D eigenvalue weighted by atomic mass is 9.89. The van der Waals surface area contributed by atoms with E-state index in [0.29, 0.717) is 22.0 Å². The maximum atomic E-state index is 13.0. The molecule has 1 amide bonds. The molecule has 0 bridgehead atoms. The molecule has 1 heterocycles. The number of hydrogen-bond donors (Lipinski definition) is 0. The molecule has 0 spiro atoms. The average molecular weight is 408 g/mol. The fourth-order valence-electron chi connectivity index (χ4n) is 3.39. The number of carbonyl (C=O) groups excluding carboxylic acids is 2. The van der Waals surface area contributed by atoms with Crippen molar-refractivity contribution in [3.05, 3.63) is 95.0 Å². The summed E-state index contributed by atoms with van der Waals surface area (Å²) in [7, 11) is 1.34. The van der Waals surface area contributed by atoms with Crippen LogP contribution in [0.15, 0.2) is 78.9 Å². The van der Waals surface area contributed by atoms with Crippen molar-refractivity contribution in [1.82, 2.24) is 0 Å². The molecule has 1 saturated heterocycles. The zero-order valence-corrected chi connectivity index (χ0v) is 16.4. The van der Waals surface area contributed by atoms with E-state index in [1.807, 2.05) is 48.5 Å². The highest BCUT2D eigenvalue weighted by Crippen LogP contribution is 2.41. The summed E-state index contributed by atoms with van der Waals surface area (Å²) in [6, 6.07) is 23.0. The van der Waals surface area contributed by atoms with Crippen LogP contribution in [0, 0.1) is 0 Å². The Morgan fingerprint density at radius 3 is 2.34 bits per heavy atom. The van der Waals surface area contributed by atoms with Gasteiger partial charge in [-0.2, -0.15) is 0 Å². The lowest BCUT2D eigenvalue weighted by Crippen LogP contribution is -2.61. The van der Waals surface area contributed by atoms with Crippen LogP contribution in [0.25, 0.3) is 0 Å². The number of ether oxygens (including phenoxy) is 2. The predicted molar refractivity (Wildman–Crippen MR) is 110 cm³/mol. The van der Waals surface area contributed by atoms with Gasteiger partial charge in [0.05, 0.1) is 12.7 Å². The van der Waals surface area contributed by atoms with Gasteiger partial charge in [0.15, 0.2) is 0 Å². The van der Waals surface area contributed by atoms with Gasteiger partial charge in [-0.05, 0) is 48.0 Å². The summed E-state index contributed by atoms with van der Waals surface area (Å²) < 4.78 is 10.7. The molecule has 1 fully saturated rings. The van der Waals surface area contributed by atoms with Gasteiger partial charge in [-0.1, -0.05) is 48.0 Å². The molecular weight excluding hydrogens is 390 g/mol. The van der Waals surface area contributed by atoms with Gasteiger partial charge >= 0.3 is 5.97 Å². The van der Waals surface area contributed by atoms with Crippen LogP contribution in [-0.2, 0) is 9.53 Å². The summed E-state index contributed by atoms with van der Waals surface area (Å²) in [6.07, 6.45) is -0.680. The van der Waals surface area contributed by atoms with E-state index in [-0.39, 0.29) is 11.9 Å². The fourth-order valence-corrected chi connectivity index (χ4v) is 3.58. The molecule has 5 nitrogen and oxygen atoms in total. The number of esters is 1. The number of amides is 1. The molecule has 29 heavy (non-hydrogen) atoms. The topological polar surface area (TPSA) is 55.8 Å². The second-order valence-corrected chi connectivity index (χ2v) is 7.03. The minimum atomic E-state index is -0.680. The molecule has 0 N–H and O–H groups in total. The van der Waals surface area contributed by atoms with Crippen LogP contribution in [0.1, 0.15) is 22.0 Å². The minimum Gasteiger partial charge on any atom is -0.478 e. The molecule has 1 aliphatic heterocycles. The van der Waals surface area contributed by atoms with Crippen molar-refractivity contribution in [2.24, 2.45) is 0 Å². The van der Waals surface area contributed by atoms with Gasteiger partial charge in [0, 0.05) is 10.7 Å². The summed E-state index contributed by atoms with van der Waals surface area (Å²) in [4.78, 5) is 26.4. The summed E-state index contributed by atoms with van der Waals surface area (Å²) in [5.41, 5.74) is 1.98. The Morgan fingerprint density at radius 2 is 1.69 bits per heavy atom. The van der Waals surface area contributed by atoms with Crippen molar-refractivity contribution in [3.63, 3.8) is 0 Å². The number of methoxy groups -OCH3 is 1. The Hall–Kier alpha value is -3.31. The molecule has 3 aromatic carbocycles. The lowest BCUT2D eigenvalue weighted by Gasteiger charge is -2.46. The first-order valence-corrected chi connectivity index (χ1v) is 9.45. The highest BCUT2D eigenvalue weighted by Gasteiger charge is 2.51. The van der Waals surface area contributed by atoms with Crippen LogP contribution < -0.4 is 9.64 Å². The van der Waals surface area contributed by atoms with Crippen molar-refractivity contribution < 1.29 is 19.1 Å². The first-order valence-electron chi connectivity index (χ1n) is 9.07. The molecule has 0 aromatic heterocycles. The van der Waals surface area contributed by atoms with E-state index in [9.17, 15) is 9.59 Å². The SMILES string of the molecule is COC(=O)c1ccc([C@@H]2[C@@H](Oc3ccccc3)C(=O)N2c2cccc(Cl)c2)cc1. The molecule has 2 atom stereocenters. The zero-order valence-electron chi connectivity index (χ0n) is 15.6. The first kappa shape index (κ1) is 19.0. The maximum Gasteiger partial charge on any atom is 0.337 e. The lowest BCUT2D eigenvalue weighted by molar-refractivity contribution is -0.135. The molecular formula is C23H18ClNO4. The van der Waals surface area contributed by atoms with Gasteiger partial charge in [-0.15, -0.1) is 0 Å². The Balaban J connectivity index is 1.68. The molecule has 3 aromatic rings. The minimum absolute atomic E-state index is 0.154. The van der Waals surface area contributed by atoms with Gasteiger partial charge in [0.1, 0.15) is 11.8 Å². The van der Waals surface area contributed by atoms with Crippen LogP contribution in [-0.4, -0.2) is 25.1 Å². The summed E-state index contributed by atoms with van der Waals surface area (Å²) in [5.74, 6) is 0.0518. The van der Waals surface area contributed by atoms with Crippen LogP contribution in [0.4, 0.5) is 5.69 Å². The van der Waals surface area contributed by atoms with Crippen LogP contribution in [0.5, 0.6) is 5.75 Å². The van der Waals surface area contributed by atoms with Gasteiger partial charge in [0.2, 0.25) is 6.10 Å². The second kappa shape index (κ2) is 7.97. The fraction of sp³-hybridized carbons (Fsp3) is 0.130. The summed E-state index contributed by atoms with van der Waals surface area (Å²) in [6.45, 7) is 0. The number of anilines is 1. The third-order valence-corrected chi connectivity index (χ3v) is 5.05. The monoisotopic (exact) mass is 407 g/mol. The number of para-hydroxylation sites is 1. The van der Waals surface area contributed by atoms with Crippen molar-refractivity contribution in [2.75, 3.05) is 12.0 Å². The van der Waals surface area contributed by atoms with Gasteiger partial charge in [-0.3, -0.25) is 9.69 Å². The van der Waals surface area contributed by atoms with Crippen molar-refractivity contribution in [3.8, 4) is 5.75 Å². The molecule has 146 valence electrons. The van der Waals surface area contributed by atoms with E-state index in [1.165, 1.54) is 7.11 Å². The quantitative estimate of drug-likeness (QED) is 0.456. The molecule has 0 unspecified atom stereocenters. The number of benzene rings is 3. The largest absolute Gasteiger partial charge is 0.478 e. The number of β-lactam (4-membered cyclic amide) rings is 1. The highest BCUT2D eigenvalue weighted by atomic mass is 35.5. The van der Waals surface area contributed by atoms with Gasteiger partial charge in [0.25, 0.3) is 5.91 Å². The number of hydrogen-bond acceptors (Lipinski definition) is 4. The van der Waals surface area contributed by atoms with E-state index in [2.05, 4.69) is 0 Å². The maximum absolute atomic E-state index is 13.0. The number of halogens is 1. The molecule has 6 heteroatoms.